The summed E-state index contributed by atoms with van der Waals surface area (Å²) in [5.41, 5.74) is 6.60. The zero-order valence-corrected chi connectivity index (χ0v) is 8.99. The van der Waals surface area contributed by atoms with Crippen molar-refractivity contribution in [2.24, 2.45) is 0 Å². The highest BCUT2D eigenvalue weighted by Gasteiger charge is 2.27. The van der Waals surface area contributed by atoms with Crippen molar-refractivity contribution in [3.05, 3.63) is 18.3 Å². The van der Waals surface area contributed by atoms with Crippen LogP contribution in [0.2, 0.25) is 0 Å². The number of rotatable bonds is 2. The van der Waals surface area contributed by atoms with Gasteiger partial charge in [-0.25, -0.2) is 4.98 Å². The molecule has 1 aliphatic rings. The molecule has 1 aromatic rings. The average molecular weight is 207 g/mol. The summed E-state index contributed by atoms with van der Waals surface area (Å²) in [5, 5.41) is 3.41. The summed E-state index contributed by atoms with van der Waals surface area (Å²) < 4.78 is 5.34. The molecule has 0 spiro atoms. The first-order chi connectivity index (χ1) is 7.20. The molecular weight excluding hydrogens is 190 g/mol. The van der Waals surface area contributed by atoms with E-state index in [9.17, 15) is 0 Å². The molecule has 82 valence electrons. The zero-order chi connectivity index (χ0) is 10.7. The Kier molecular flexibility index (Phi) is 2.77. The van der Waals surface area contributed by atoms with Crippen molar-refractivity contribution >= 4 is 11.5 Å². The predicted molar refractivity (Wildman–Crippen MR) is 60.7 cm³/mol. The molecule has 2 rings (SSSR count). The first kappa shape index (κ1) is 10.2. The number of nitrogens with one attached hydrogen (secondary N) is 1. The number of hydrogen-bond acceptors (Lipinski definition) is 4. The molecule has 1 fully saturated rings. The second-order valence-corrected chi connectivity index (χ2v) is 4.24. The number of pyridine rings is 1. The number of anilines is 2. The van der Waals surface area contributed by atoms with Gasteiger partial charge in [-0.3, -0.25) is 0 Å². The van der Waals surface area contributed by atoms with Gasteiger partial charge in [-0.2, -0.15) is 0 Å². The minimum Gasteiger partial charge on any atom is -0.396 e. The van der Waals surface area contributed by atoms with E-state index in [0.717, 1.165) is 31.9 Å². The lowest BCUT2D eigenvalue weighted by Crippen LogP contribution is -2.41. The van der Waals surface area contributed by atoms with E-state index in [2.05, 4.69) is 17.2 Å². The van der Waals surface area contributed by atoms with Crippen LogP contribution in [0.4, 0.5) is 11.5 Å². The van der Waals surface area contributed by atoms with E-state index in [0.29, 0.717) is 5.69 Å². The molecule has 0 aromatic carbocycles. The van der Waals surface area contributed by atoms with Gasteiger partial charge in [0.25, 0.3) is 0 Å². The first-order valence-electron chi connectivity index (χ1n) is 5.26. The van der Waals surface area contributed by atoms with E-state index in [1.54, 1.807) is 6.20 Å². The summed E-state index contributed by atoms with van der Waals surface area (Å²) in [5.74, 6) is 0.780. The second kappa shape index (κ2) is 4.06. The monoisotopic (exact) mass is 207 g/mol. The fraction of sp³-hybridized carbons (Fsp3) is 0.545. The van der Waals surface area contributed by atoms with Crippen LogP contribution in [-0.4, -0.2) is 23.7 Å². The number of aromatic nitrogens is 1. The van der Waals surface area contributed by atoms with Gasteiger partial charge >= 0.3 is 0 Å². The van der Waals surface area contributed by atoms with Crippen molar-refractivity contribution in [1.29, 1.82) is 0 Å². The Labute approximate surface area is 89.8 Å². The Morgan fingerprint density at radius 1 is 1.47 bits per heavy atom. The SMILES string of the molecule is CC1(Nc2ncccc2N)CCOCC1. The van der Waals surface area contributed by atoms with E-state index in [4.69, 9.17) is 10.5 Å². The molecule has 0 amide bonds. The molecule has 1 aromatic heterocycles. The summed E-state index contributed by atoms with van der Waals surface area (Å²) in [6.45, 7) is 3.79. The number of nitrogens with two attached hydrogens (primary N) is 1. The van der Waals surface area contributed by atoms with Crippen molar-refractivity contribution in [2.45, 2.75) is 25.3 Å². The van der Waals surface area contributed by atoms with Gasteiger partial charge in [0.05, 0.1) is 5.69 Å². The number of hydrogen-bond donors (Lipinski definition) is 2. The van der Waals surface area contributed by atoms with Gasteiger partial charge < -0.3 is 15.8 Å². The molecule has 4 nitrogen and oxygen atoms in total. The van der Waals surface area contributed by atoms with E-state index >= 15 is 0 Å². The molecule has 1 aliphatic heterocycles. The minimum atomic E-state index is 0.0563. The third-order valence-electron chi connectivity index (χ3n) is 2.86. The molecule has 1 saturated heterocycles. The topological polar surface area (TPSA) is 60.2 Å². The third kappa shape index (κ3) is 2.39. The quantitative estimate of drug-likeness (QED) is 0.774. The van der Waals surface area contributed by atoms with Crippen LogP contribution in [0.3, 0.4) is 0 Å². The maximum atomic E-state index is 5.84. The Balaban J connectivity index is 2.10. The predicted octanol–water partition coefficient (Wildman–Crippen LogP) is 1.64. The minimum absolute atomic E-state index is 0.0563. The Morgan fingerprint density at radius 3 is 2.87 bits per heavy atom. The lowest BCUT2D eigenvalue weighted by molar-refractivity contribution is 0.0657. The van der Waals surface area contributed by atoms with Crippen molar-refractivity contribution in [2.75, 3.05) is 24.3 Å². The van der Waals surface area contributed by atoms with E-state index in [1.807, 2.05) is 12.1 Å². The van der Waals surface area contributed by atoms with E-state index in [1.165, 1.54) is 0 Å². The second-order valence-electron chi connectivity index (χ2n) is 4.24. The highest BCUT2D eigenvalue weighted by molar-refractivity contribution is 5.61. The molecule has 3 N–H and O–H groups in total. The summed E-state index contributed by atoms with van der Waals surface area (Å²) in [6.07, 6.45) is 3.73. The molecule has 4 heteroatoms. The number of ether oxygens (including phenoxy) is 1. The van der Waals surface area contributed by atoms with Crippen LogP contribution in [0.25, 0.3) is 0 Å². The maximum absolute atomic E-state index is 5.84. The summed E-state index contributed by atoms with van der Waals surface area (Å²) in [4.78, 5) is 4.24. The molecule has 0 saturated carbocycles. The Bertz CT molecular complexity index is 334. The number of nitrogens with zero attached hydrogens (tertiary/aromatic N) is 1. The van der Waals surface area contributed by atoms with E-state index < -0.39 is 0 Å². The molecule has 15 heavy (non-hydrogen) atoms. The fourth-order valence-electron chi connectivity index (χ4n) is 1.75. The largest absolute Gasteiger partial charge is 0.396 e. The lowest BCUT2D eigenvalue weighted by atomic mass is 9.92. The first-order valence-corrected chi connectivity index (χ1v) is 5.26. The van der Waals surface area contributed by atoms with Crippen molar-refractivity contribution in [3.8, 4) is 0 Å². The zero-order valence-electron chi connectivity index (χ0n) is 8.99. The normalized spacial score (nSPS) is 19.8. The Hall–Kier alpha value is -1.29. The molecule has 0 bridgehead atoms. The third-order valence-corrected chi connectivity index (χ3v) is 2.86. The van der Waals surface area contributed by atoms with E-state index in [-0.39, 0.29) is 5.54 Å². The summed E-state index contributed by atoms with van der Waals surface area (Å²) >= 11 is 0. The highest BCUT2D eigenvalue weighted by Crippen LogP contribution is 2.26. The molecule has 0 atom stereocenters. The smallest absolute Gasteiger partial charge is 0.149 e. The van der Waals surface area contributed by atoms with Crippen molar-refractivity contribution in [3.63, 3.8) is 0 Å². The summed E-state index contributed by atoms with van der Waals surface area (Å²) in [7, 11) is 0. The van der Waals surface area contributed by atoms with Crippen LogP contribution >= 0.6 is 0 Å². The fourth-order valence-corrected chi connectivity index (χ4v) is 1.75. The molecule has 0 unspecified atom stereocenters. The van der Waals surface area contributed by atoms with Crippen LogP contribution < -0.4 is 11.1 Å². The van der Waals surface area contributed by atoms with Crippen LogP contribution in [0.15, 0.2) is 18.3 Å². The lowest BCUT2D eigenvalue weighted by Gasteiger charge is -2.35. The Morgan fingerprint density at radius 2 is 2.20 bits per heavy atom. The van der Waals surface area contributed by atoms with Gasteiger partial charge in [-0.15, -0.1) is 0 Å². The standard InChI is InChI=1S/C11H17N3O/c1-11(4-7-15-8-5-11)14-10-9(12)3-2-6-13-10/h2-3,6H,4-5,7-8,12H2,1H3,(H,13,14). The van der Waals surface area contributed by atoms with Gasteiger partial charge in [0, 0.05) is 24.9 Å². The summed E-state index contributed by atoms with van der Waals surface area (Å²) in [6, 6.07) is 3.70. The van der Waals surface area contributed by atoms with Crippen molar-refractivity contribution < 1.29 is 4.74 Å². The molecule has 2 heterocycles. The van der Waals surface area contributed by atoms with Gasteiger partial charge in [-0.1, -0.05) is 0 Å². The van der Waals surface area contributed by atoms with Crippen LogP contribution in [0, 0.1) is 0 Å². The number of nitrogen functional groups attached to an aromatic ring is 1. The van der Waals surface area contributed by atoms with Gasteiger partial charge in [-0.05, 0) is 31.9 Å². The highest BCUT2D eigenvalue weighted by atomic mass is 16.5. The molecular formula is C11H17N3O. The van der Waals surface area contributed by atoms with Crippen molar-refractivity contribution in [1.82, 2.24) is 4.98 Å². The van der Waals surface area contributed by atoms with Crippen LogP contribution in [-0.2, 0) is 4.74 Å². The molecule has 0 radical (unpaired) electrons. The molecule has 0 aliphatic carbocycles. The van der Waals surface area contributed by atoms with Crippen LogP contribution in [0.1, 0.15) is 19.8 Å². The van der Waals surface area contributed by atoms with Gasteiger partial charge in [0.1, 0.15) is 5.82 Å². The van der Waals surface area contributed by atoms with Crippen LogP contribution in [0.5, 0.6) is 0 Å². The van der Waals surface area contributed by atoms with Gasteiger partial charge in [0.2, 0.25) is 0 Å². The average Bonchev–Trinajstić information content (AvgIpc) is 2.22. The van der Waals surface area contributed by atoms with Gasteiger partial charge in [0.15, 0.2) is 0 Å². The maximum Gasteiger partial charge on any atom is 0.149 e.